The van der Waals surface area contributed by atoms with Crippen LogP contribution in [-0.2, 0) is 9.53 Å². The quantitative estimate of drug-likeness (QED) is 0.339. The second-order valence-electron chi connectivity index (χ2n) is 7.90. The van der Waals surface area contributed by atoms with Gasteiger partial charge in [0.1, 0.15) is 23.0 Å². The molecular weight excluding hydrogens is 462 g/mol. The van der Waals surface area contributed by atoms with Crippen molar-refractivity contribution in [3.63, 3.8) is 0 Å². The Morgan fingerprint density at radius 3 is 2.54 bits per heavy atom. The summed E-state index contributed by atoms with van der Waals surface area (Å²) in [5.41, 5.74) is 2.18. The van der Waals surface area contributed by atoms with Crippen LogP contribution in [0.5, 0.6) is 11.5 Å². The summed E-state index contributed by atoms with van der Waals surface area (Å²) < 4.78 is 11.7. The third-order valence-electron chi connectivity index (χ3n) is 5.24. The summed E-state index contributed by atoms with van der Waals surface area (Å²) in [5, 5.41) is 5.94. The lowest BCUT2D eigenvalue weighted by atomic mass is 9.96. The molecule has 35 heavy (non-hydrogen) atoms. The number of thioether (sulfide) groups is 1. The van der Waals surface area contributed by atoms with Crippen molar-refractivity contribution in [3.05, 3.63) is 95.1 Å². The molecule has 7 nitrogen and oxygen atoms in total. The van der Waals surface area contributed by atoms with Gasteiger partial charge in [-0.2, -0.15) is 0 Å². The molecule has 1 atom stereocenters. The van der Waals surface area contributed by atoms with E-state index in [1.54, 1.807) is 50.4 Å². The smallest absolute Gasteiger partial charge is 0.269 e. The molecule has 0 saturated carbocycles. The number of benzene rings is 1. The van der Waals surface area contributed by atoms with E-state index in [-0.39, 0.29) is 17.5 Å². The molecule has 2 N–H and O–H groups in total. The minimum atomic E-state index is -0.296. The van der Waals surface area contributed by atoms with E-state index in [2.05, 4.69) is 41.3 Å². The number of anilines is 1. The van der Waals surface area contributed by atoms with Crippen molar-refractivity contribution in [1.82, 2.24) is 10.3 Å². The highest BCUT2D eigenvalue weighted by Gasteiger charge is 2.18. The number of nitrogens with one attached hydrogen (secondary N) is 2. The number of carbonyl (C=O) groups excluding carboxylic acids is 2. The molecule has 1 heterocycles. The second-order valence-corrected chi connectivity index (χ2v) is 8.76. The zero-order valence-corrected chi connectivity index (χ0v) is 21.1. The number of rotatable bonds is 9. The molecule has 1 aliphatic carbocycles. The Bertz CT molecular complexity index is 1200. The number of pyridine rings is 1. The molecule has 1 aliphatic rings. The normalized spacial score (nSPS) is 15.4. The molecule has 0 bridgehead atoms. The van der Waals surface area contributed by atoms with E-state index in [4.69, 9.17) is 9.47 Å². The van der Waals surface area contributed by atoms with Gasteiger partial charge in [0.2, 0.25) is 0 Å². The molecule has 182 valence electrons. The zero-order valence-electron chi connectivity index (χ0n) is 20.3. The summed E-state index contributed by atoms with van der Waals surface area (Å²) in [4.78, 5) is 28.8. The molecule has 0 radical (unpaired) electrons. The molecule has 1 unspecified atom stereocenters. The van der Waals surface area contributed by atoms with Gasteiger partial charge >= 0.3 is 0 Å². The van der Waals surface area contributed by atoms with Crippen LogP contribution < -0.4 is 15.4 Å². The lowest BCUT2D eigenvalue weighted by Crippen LogP contribution is -2.18. The first kappa shape index (κ1) is 25.8. The zero-order chi connectivity index (χ0) is 25.4. The molecule has 0 aliphatic heterocycles. The highest BCUT2D eigenvalue weighted by molar-refractivity contribution is 8.02. The van der Waals surface area contributed by atoms with Crippen LogP contribution in [0.15, 0.2) is 89.4 Å². The van der Waals surface area contributed by atoms with Crippen LogP contribution in [0.25, 0.3) is 0 Å². The summed E-state index contributed by atoms with van der Waals surface area (Å²) >= 11 is 1.38. The first-order valence-electron chi connectivity index (χ1n) is 11.1. The van der Waals surface area contributed by atoms with Crippen LogP contribution in [-0.4, -0.2) is 30.1 Å². The molecule has 2 amide bonds. The minimum Gasteiger partial charge on any atom is -0.457 e. The Labute approximate surface area is 210 Å². The van der Waals surface area contributed by atoms with E-state index < -0.39 is 0 Å². The fraction of sp³-hybridized carbons (Fsp3) is 0.222. The largest absolute Gasteiger partial charge is 0.457 e. The fourth-order valence-electron chi connectivity index (χ4n) is 3.20. The van der Waals surface area contributed by atoms with Gasteiger partial charge in [0.05, 0.1) is 5.57 Å². The van der Waals surface area contributed by atoms with Gasteiger partial charge in [-0.15, -0.1) is 0 Å². The molecule has 3 rings (SSSR count). The van der Waals surface area contributed by atoms with Crippen molar-refractivity contribution in [2.75, 3.05) is 18.6 Å². The molecule has 1 aromatic carbocycles. The Morgan fingerprint density at radius 2 is 1.91 bits per heavy atom. The van der Waals surface area contributed by atoms with Crippen LogP contribution in [0.4, 0.5) is 5.69 Å². The van der Waals surface area contributed by atoms with Crippen LogP contribution >= 0.6 is 11.8 Å². The van der Waals surface area contributed by atoms with E-state index in [1.807, 2.05) is 12.3 Å². The van der Waals surface area contributed by atoms with E-state index in [9.17, 15) is 9.59 Å². The Kier molecular flexibility index (Phi) is 8.92. The average Bonchev–Trinajstić information content (AvgIpc) is 2.88. The van der Waals surface area contributed by atoms with Gasteiger partial charge < -0.3 is 20.1 Å². The van der Waals surface area contributed by atoms with Gasteiger partial charge in [0.15, 0.2) is 5.09 Å². The summed E-state index contributed by atoms with van der Waals surface area (Å²) in [6.45, 7) is 7.76. The minimum absolute atomic E-state index is 0.260. The van der Waals surface area contributed by atoms with Gasteiger partial charge in [0.25, 0.3) is 11.8 Å². The molecule has 1 aromatic heterocycles. The van der Waals surface area contributed by atoms with Crippen molar-refractivity contribution < 1.29 is 19.1 Å². The van der Waals surface area contributed by atoms with Gasteiger partial charge in [-0.05, 0) is 62.4 Å². The van der Waals surface area contributed by atoms with Gasteiger partial charge in [0, 0.05) is 30.6 Å². The van der Waals surface area contributed by atoms with Gasteiger partial charge in [-0.25, -0.2) is 0 Å². The van der Waals surface area contributed by atoms with Crippen molar-refractivity contribution in [2.24, 2.45) is 5.92 Å². The summed E-state index contributed by atoms with van der Waals surface area (Å²) in [6, 6.07) is 10.2. The van der Waals surface area contributed by atoms with E-state index in [1.165, 1.54) is 18.0 Å². The second kappa shape index (κ2) is 12.1. The Morgan fingerprint density at radius 1 is 1.17 bits per heavy atom. The van der Waals surface area contributed by atoms with E-state index in [0.717, 1.165) is 12.0 Å². The maximum absolute atomic E-state index is 13.0. The SMILES string of the molecule is C=C(O/C(C1=CCC(C)C=C1)=C(\C)C(=O)Nc1ccc(Oc2ccnc(C(=O)NC)c2)cc1)SC. The molecule has 8 heteroatoms. The first-order chi connectivity index (χ1) is 16.8. The Hall–Kier alpha value is -3.78. The van der Waals surface area contributed by atoms with Crippen molar-refractivity contribution in [2.45, 2.75) is 20.3 Å². The maximum atomic E-state index is 13.0. The predicted molar refractivity (Wildman–Crippen MR) is 140 cm³/mol. The topological polar surface area (TPSA) is 89.6 Å². The molecule has 0 fully saturated rings. The van der Waals surface area contributed by atoms with Crippen LogP contribution in [0.1, 0.15) is 30.8 Å². The predicted octanol–water partition coefficient (Wildman–Crippen LogP) is 5.82. The number of allylic oxidation sites excluding steroid dienone is 3. The van der Waals surface area contributed by atoms with E-state index in [0.29, 0.717) is 39.5 Å². The number of hydrogen-bond acceptors (Lipinski definition) is 6. The summed E-state index contributed by atoms with van der Waals surface area (Å²) in [5.74, 6) is 1.40. The maximum Gasteiger partial charge on any atom is 0.269 e. The summed E-state index contributed by atoms with van der Waals surface area (Å²) in [6.07, 6.45) is 10.4. The van der Waals surface area contributed by atoms with Gasteiger partial charge in [-0.1, -0.05) is 36.9 Å². The summed E-state index contributed by atoms with van der Waals surface area (Å²) in [7, 11) is 1.54. The number of ether oxygens (including phenoxy) is 2. The third kappa shape index (κ3) is 7.10. The third-order valence-corrected chi connectivity index (χ3v) is 5.78. The molecule has 0 saturated heterocycles. The van der Waals surface area contributed by atoms with Crippen molar-refractivity contribution in [3.8, 4) is 11.5 Å². The highest BCUT2D eigenvalue weighted by Crippen LogP contribution is 2.29. The van der Waals surface area contributed by atoms with Crippen LogP contribution in [0.2, 0.25) is 0 Å². The fourth-order valence-corrected chi connectivity index (χ4v) is 3.37. The van der Waals surface area contributed by atoms with Crippen LogP contribution in [0, 0.1) is 5.92 Å². The van der Waals surface area contributed by atoms with Crippen LogP contribution in [0.3, 0.4) is 0 Å². The number of nitrogens with zero attached hydrogens (tertiary/aromatic N) is 1. The molecular formula is C27H29N3O4S. The van der Waals surface area contributed by atoms with E-state index >= 15 is 0 Å². The highest BCUT2D eigenvalue weighted by atomic mass is 32.2. The molecule has 0 spiro atoms. The lowest BCUT2D eigenvalue weighted by molar-refractivity contribution is -0.113. The monoisotopic (exact) mass is 491 g/mol. The Balaban J connectivity index is 1.73. The van der Waals surface area contributed by atoms with Crippen molar-refractivity contribution >= 4 is 29.3 Å². The first-order valence-corrected chi connectivity index (χ1v) is 12.3. The average molecular weight is 492 g/mol. The number of aromatic nitrogens is 1. The number of amides is 2. The standard InChI is InChI=1S/C27H29N3O4S/c1-17-6-8-20(9-7-17)25(33-19(3)35-5)18(2)26(31)30-21-10-12-22(13-11-21)34-23-14-15-29-24(16-23)27(32)28-4/h6,8-17H,3,7H2,1-2,4-5H3,(H,28,32)(H,30,31)/b25-18+. The lowest BCUT2D eigenvalue weighted by Gasteiger charge is -2.18. The van der Waals surface area contributed by atoms with Crippen molar-refractivity contribution in [1.29, 1.82) is 0 Å². The number of carbonyl (C=O) groups is 2. The van der Waals surface area contributed by atoms with Gasteiger partial charge in [-0.3, -0.25) is 14.6 Å². The number of hydrogen-bond donors (Lipinski definition) is 2. The molecule has 2 aromatic rings.